The SMILES string of the molecule is CN1CC(C(=O)NCCc2ccccc2C(=O)O)CC1=O. The van der Waals surface area contributed by atoms with E-state index in [1.807, 2.05) is 0 Å². The number of carboxylic acids is 1. The molecule has 6 nitrogen and oxygen atoms in total. The lowest BCUT2D eigenvalue weighted by molar-refractivity contribution is -0.128. The highest BCUT2D eigenvalue weighted by Crippen LogP contribution is 2.16. The van der Waals surface area contributed by atoms with Gasteiger partial charge in [0.1, 0.15) is 0 Å². The molecule has 1 saturated heterocycles. The standard InChI is InChI=1S/C15H18N2O4/c1-17-9-11(8-13(17)18)14(19)16-7-6-10-4-2-3-5-12(10)15(20)21/h2-5,11H,6-9H2,1H3,(H,16,19)(H,20,21). The third-order valence-electron chi connectivity index (χ3n) is 3.65. The van der Waals surface area contributed by atoms with Crippen molar-refractivity contribution in [3.05, 3.63) is 35.4 Å². The van der Waals surface area contributed by atoms with Gasteiger partial charge in [-0.15, -0.1) is 0 Å². The van der Waals surface area contributed by atoms with Crippen molar-refractivity contribution in [2.24, 2.45) is 5.92 Å². The zero-order valence-corrected chi connectivity index (χ0v) is 11.8. The van der Waals surface area contributed by atoms with Crippen LogP contribution in [0.3, 0.4) is 0 Å². The zero-order chi connectivity index (χ0) is 15.4. The van der Waals surface area contributed by atoms with Gasteiger partial charge in [-0.05, 0) is 18.1 Å². The van der Waals surface area contributed by atoms with Gasteiger partial charge in [0.2, 0.25) is 11.8 Å². The molecule has 0 aromatic heterocycles. The summed E-state index contributed by atoms with van der Waals surface area (Å²) in [6.45, 7) is 0.800. The fourth-order valence-corrected chi connectivity index (χ4v) is 2.45. The first-order chi connectivity index (χ1) is 9.99. The molecule has 6 heteroatoms. The summed E-state index contributed by atoms with van der Waals surface area (Å²) in [5.74, 6) is -1.45. The lowest BCUT2D eigenvalue weighted by Gasteiger charge is -2.11. The Balaban J connectivity index is 1.86. The third-order valence-corrected chi connectivity index (χ3v) is 3.65. The summed E-state index contributed by atoms with van der Waals surface area (Å²) >= 11 is 0. The number of hydrogen-bond acceptors (Lipinski definition) is 3. The van der Waals surface area contributed by atoms with Crippen LogP contribution in [0, 0.1) is 5.92 Å². The molecule has 1 unspecified atom stereocenters. The quantitative estimate of drug-likeness (QED) is 0.828. The van der Waals surface area contributed by atoms with Gasteiger partial charge in [-0.3, -0.25) is 9.59 Å². The molecule has 1 heterocycles. The van der Waals surface area contributed by atoms with Crippen molar-refractivity contribution < 1.29 is 19.5 Å². The van der Waals surface area contributed by atoms with Crippen LogP contribution in [0.2, 0.25) is 0 Å². The number of rotatable bonds is 5. The first-order valence-corrected chi connectivity index (χ1v) is 6.82. The number of hydrogen-bond donors (Lipinski definition) is 2. The molecule has 0 bridgehead atoms. The Morgan fingerprint density at radius 1 is 1.38 bits per heavy atom. The number of carbonyl (C=O) groups excluding carboxylic acids is 2. The fraction of sp³-hybridized carbons (Fsp3) is 0.400. The Hall–Kier alpha value is -2.37. The maximum Gasteiger partial charge on any atom is 0.335 e. The van der Waals surface area contributed by atoms with Crippen LogP contribution >= 0.6 is 0 Å². The van der Waals surface area contributed by atoms with Crippen LogP contribution in [0.5, 0.6) is 0 Å². The average molecular weight is 290 g/mol. The van der Waals surface area contributed by atoms with Crippen LogP contribution in [0.1, 0.15) is 22.3 Å². The topological polar surface area (TPSA) is 86.7 Å². The van der Waals surface area contributed by atoms with Crippen molar-refractivity contribution in [1.82, 2.24) is 10.2 Å². The molecule has 2 rings (SSSR count). The van der Waals surface area contributed by atoms with Crippen molar-refractivity contribution >= 4 is 17.8 Å². The minimum atomic E-state index is -0.972. The molecule has 0 radical (unpaired) electrons. The minimum absolute atomic E-state index is 0.0219. The Morgan fingerprint density at radius 2 is 2.10 bits per heavy atom. The normalized spacial score (nSPS) is 17.9. The van der Waals surface area contributed by atoms with E-state index in [-0.39, 0.29) is 29.7 Å². The highest BCUT2D eigenvalue weighted by Gasteiger charge is 2.31. The van der Waals surface area contributed by atoms with Gasteiger partial charge in [-0.2, -0.15) is 0 Å². The molecule has 1 atom stereocenters. The average Bonchev–Trinajstić information content (AvgIpc) is 2.79. The van der Waals surface area contributed by atoms with Crippen LogP contribution in [-0.4, -0.2) is 47.9 Å². The van der Waals surface area contributed by atoms with Crippen molar-refractivity contribution in [3.8, 4) is 0 Å². The molecule has 2 N–H and O–H groups in total. The molecular weight excluding hydrogens is 272 g/mol. The van der Waals surface area contributed by atoms with Crippen LogP contribution < -0.4 is 5.32 Å². The fourth-order valence-electron chi connectivity index (χ4n) is 2.45. The van der Waals surface area contributed by atoms with E-state index in [0.717, 1.165) is 0 Å². The van der Waals surface area contributed by atoms with Crippen molar-refractivity contribution in [1.29, 1.82) is 0 Å². The Morgan fingerprint density at radius 3 is 2.71 bits per heavy atom. The highest BCUT2D eigenvalue weighted by molar-refractivity contribution is 5.90. The number of aromatic carboxylic acids is 1. The van der Waals surface area contributed by atoms with Crippen molar-refractivity contribution in [3.63, 3.8) is 0 Å². The minimum Gasteiger partial charge on any atom is -0.478 e. The van der Waals surface area contributed by atoms with Gasteiger partial charge in [0, 0.05) is 26.6 Å². The number of likely N-dealkylation sites (tertiary alicyclic amines) is 1. The van der Waals surface area contributed by atoms with Crippen LogP contribution in [0.4, 0.5) is 0 Å². The Labute approximate surface area is 122 Å². The van der Waals surface area contributed by atoms with Crippen LogP contribution in [0.15, 0.2) is 24.3 Å². The smallest absolute Gasteiger partial charge is 0.335 e. The third kappa shape index (κ3) is 3.59. The second-order valence-corrected chi connectivity index (χ2v) is 5.18. The number of nitrogens with one attached hydrogen (secondary N) is 1. The van der Waals surface area contributed by atoms with E-state index in [1.54, 1.807) is 36.2 Å². The maximum atomic E-state index is 11.9. The first-order valence-electron chi connectivity index (χ1n) is 6.82. The summed E-state index contributed by atoms with van der Waals surface area (Å²) in [4.78, 5) is 35.9. The molecule has 1 aromatic carbocycles. The molecule has 1 aromatic rings. The van der Waals surface area contributed by atoms with Gasteiger partial charge >= 0.3 is 5.97 Å². The molecule has 0 saturated carbocycles. The second kappa shape index (κ2) is 6.39. The van der Waals surface area contributed by atoms with Gasteiger partial charge in [-0.1, -0.05) is 18.2 Å². The van der Waals surface area contributed by atoms with Gasteiger partial charge in [0.05, 0.1) is 11.5 Å². The largest absolute Gasteiger partial charge is 0.478 e. The van der Waals surface area contributed by atoms with E-state index in [2.05, 4.69) is 5.32 Å². The predicted octanol–water partition coefficient (Wildman–Crippen LogP) is 0.522. The summed E-state index contributed by atoms with van der Waals surface area (Å²) in [7, 11) is 1.68. The van der Waals surface area contributed by atoms with Gasteiger partial charge in [0.25, 0.3) is 0 Å². The molecule has 0 spiro atoms. The lowest BCUT2D eigenvalue weighted by Crippen LogP contribution is -2.33. The summed E-state index contributed by atoms with van der Waals surface area (Å²) in [5.41, 5.74) is 0.937. The summed E-state index contributed by atoms with van der Waals surface area (Å²) in [6.07, 6.45) is 0.693. The van der Waals surface area contributed by atoms with E-state index in [0.29, 0.717) is 25.1 Å². The summed E-state index contributed by atoms with van der Waals surface area (Å²) in [6, 6.07) is 6.73. The first kappa shape index (κ1) is 15.0. The number of amides is 2. The maximum absolute atomic E-state index is 11.9. The number of carboxylic acid groups (broad SMARTS) is 1. The van der Waals surface area contributed by atoms with E-state index in [4.69, 9.17) is 5.11 Å². The number of nitrogens with zero attached hydrogens (tertiary/aromatic N) is 1. The van der Waals surface area contributed by atoms with Crippen LogP contribution in [-0.2, 0) is 16.0 Å². The summed E-state index contributed by atoms with van der Waals surface area (Å²) < 4.78 is 0. The predicted molar refractivity (Wildman–Crippen MR) is 75.9 cm³/mol. The molecule has 1 aliphatic heterocycles. The van der Waals surface area contributed by atoms with E-state index < -0.39 is 5.97 Å². The van der Waals surface area contributed by atoms with E-state index in [1.165, 1.54) is 0 Å². The number of carbonyl (C=O) groups is 3. The molecule has 1 aliphatic rings. The Kier molecular flexibility index (Phi) is 4.57. The number of benzene rings is 1. The zero-order valence-electron chi connectivity index (χ0n) is 11.8. The molecular formula is C15H18N2O4. The molecule has 2 amide bonds. The molecule has 0 aliphatic carbocycles. The Bertz CT molecular complexity index is 571. The van der Waals surface area contributed by atoms with Crippen molar-refractivity contribution in [2.75, 3.05) is 20.1 Å². The summed E-state index contributed by atoms with van der Waals surface area (Å²) in [5, 5.41) is 11.8. The molecule has 112 valence electrons. The monoisotopic (exact) mass is 290 g/mol. The van der Waals surface area contributed by atoms with Gasteiger partial charge in [0.15, 0.2) is 0 Å². The lowest BCUT2D eigenvalue weighted by atomic mass is 10.0. The van der Waals surface area contributed by atoms with Crippen molar-refractivity contribution in [2.45, 2.75) is 12.8 Å². The van der Waals surface area contributed by atoms with E-state index in [9.17, 15) is 14.4 Å². The van der Waals surface area contributed by atoms with E-state index >= 15 is 0 Å². The molecule has 21 heavy (non-hydrogen) atoms. The molecule has 1 fully saturated rings. The second-order valence-electron chi connectivity index (χ2n) is 5.18. The van der Waals surface area contributed by atoms with Crippen LogP contribution in [0.25, 0.3) is 0 Å². The van der Waals surface area contributed by atoms with Gasteiger partial charge < -0.3 is 15.3 Å². The van der Waals surface area contributed by atoms with Gasteiger partial charge in [-0.25, -0.2) is 4.79 Å². The highest BCUT2D eigenvalue weighted by atomic mass is 16.4.